The molecule has 25 heavy (non-hydrogen) atoms. The Morgan fingerprint density at radius 2 is 0.840 bits per heavy atom. The molecule has 0 heterocycles. The lowest BCUT2D eigenvalue weighted by Crippen LogP contribution is -2.11. The van der Waals surface area contributed by atoms with E-state index in [0.717, 1.165) is 12.8 Å². The van der Waals surface area contributed by atoms with E-state index in [9.17, 15) is 0 Å². The van der Waals surface area contributed by atoms with Crippen molar-refractivity contribution in [2.24, 2.45) is 0 Å². The van der Waals surface area contributed by atoms with Gasteiger partial charge in [-0.25, -0.2) is 0 Å². The molecule has 9 heteroatoms. The highest BCUT2D eigenvalue weighted by atomic mass is 16.5. The summed E-state index contributed by atoms with van der Waals surface area (Å²) in [4.78, 5) is 0. The summed E-state index contributed by atoms with van der Waals surface area (Å²) in [6.45, 7) is 6.57. The number of hydrogen-bond acceptors (Lipinski definition) is 9. The van der Waals surface area contributed by atoms with Crippen molar-refractivity contribution in [3.63, 3.8) is 0 Å². The number of aliphatic hydroxyl groups excluding tert-OH is 4. The van der Waals surface area contributed by atoms with Gasteiger partial charge in [-0.15, -0.1) is 0 Å². The first-order valence-electron chi connectivity index (χ1n) is 8.63. The minimum atomic E-state index is -1.10. The standard InChI is InChI=1S/C8H18O5.2C4H10O2/c9-1-3-11-5-7-13-8-6-12-4-2-10;2*1-2-3-4(5)6/h9-10H,1-8H2;2*4-6H,2-3H2,1H3. The van der Waals surface area contributed by atoms with Crippen LogP contribution < -0.4 is 0 Å². The van der Waals surface area contributed by atoms with E-state index < -0.39 is 12.6 Å². The van der Waals surface area contributed by atoms with E-state index in [1.165, 1.54) is 0 Å². The highest BCUT2D eigenvalue weighted by molar-refractivity contribution is 4.33. The molecule has 0 aliphatic heterocycles. The molecule has 6 N–H and O–H groups in total. The summed E-state index contributed by atoms with van der Waals surface area (Å²) >= 11 is 0. The molecule has 0 aromatic rings. The largest absolute Gasteiger partial charge is 0.394 e. The maximum absolute atomic E-state index is 8.36. The smallest absolute Gasteiger partial charge is 0.151 e. The molecule has 0 saturated heterocycles. The monoisotopic (exact) mass is 374 g/mol. The fourth-order valence-corrected chi connectivity index (χ4v) is 1.19. The van der Waals surface area contributed by atoms with Gasteiger partial charge in [0.1, 0.15) is 0 Å². The van der Waals surface area contributed by atoms with Gasteiger partial charge in [0.2, 0.25) is 0 Å². The Morgan fingerprint density at radius 1 is 0.560 bits per heavy atom. The Kier molecular flexibility index (Phi) is 33.5. The van der Waals surface area contributed by atoms with Gasteiger partial charge in [-0.05, 0) is 12.8 Å². The molecule has 0 fully saturated rings. The van der Waals surface area contributed by atoms with Crippen molar-refractivity contribution < 1.29 is 44.8 Å². The van der Waals surface area contributed by atoms with Crippen molar-refractivity contribution >= 4 is 0 Å². The Labute approximate surface area is 150 Å². The van der Waals surface area contributed by atoms with Crippen LogP contribution >= 0.6 is 0 Å². The van der Waals surface area contributed by atoms with Gasteiger partial charge >= 0.3 is 0 Å². The lowest BCUT2D eigenvalue weighted by atomic mass is 10.3. The summed E-state index contributed by atoms with van der Waals surface area (Å²) in [5, 5.41) is 49.1. The van der Waals surface area contributed by atoms with Crippen LogP contribution in [0.3, 0.4) is 0 Å². The summed E-state index contributed by atoms with van der Waals surface area (Å²) in [7, 11) is 0. The molecular weight excluding hydrogens is 336 g/mol. The van der Waals surface area contributed by atoms with Crippen LogP contribution in [0.2, 0.25) is 0 Å². The lowest BCUT2D eigenvalue weighted by molar-refractivity contribution is -0.0460. The van der Waals surface area contributed by atoms with E-state index in [1.807, 2.05) is 13.8 Å². The van der Waals surface area contributed by atoms with Crippen LogP contribution in [0, 0.1) is 0 Å². The fourth-order valence-electron chi connectivity index (χ4n) is 1.19. The number of aliphatic hydroxyl groups is 6. The first-order chi connectivity index (χ1) is 12.0. The quantitative estimate of drug-likeness (QED) is 0.170. The van der Waals surface area contributed by atoms with Crippen molar-refractivity contribution in [1.29, 1.82) is 0 Å². The van der Waals surface area contributed by atoms with Crippen LogP contribution in [-0.2, 0) is 14.2 Å². The Bertz CT molecular complexity index is 184. The molecule has 0 radical (unpaired) electrons. The van der Waals surface area contributed by atoms with Gasteiger partial charge in [0.05, 0.1) is 52.9 Å². The molecule has 0 spiro atoms. The topological polar surface area (TPSA) is 149 Å². The van der Waals surface area contributed by atoms with Gasteiger partial charge < -0.3 is 44.8 Å². The fraction of sp³-hybridized carbons (Fsp3) is 1.00. The Balaban J connectivity index is -0.000000336. The normalized spacial score (nSPS) is 10.3. The van der Waals surface area contributed by atoms with Gasteiger partial charge in [0.25, 0.3) is 0 Å². The van der Waals surface area contributed by atoms with Gasteiger partial charge in [0, 0.05) is 0 Å². The summed E-state index contributed by atoms with van der Waals surface area (Å²) in [5.74, 6) is 0. The van der Waals surface area contributed by atoms with Crippen LogP contribution in [0.1, 0.15) is 39.5 Å². The van der Waals surface area contributed by atoms with Crippen LogP contribution in [0.4, 0.5) is 0 Å². The Morgan fingerprint density at radius 3 is 1.00 bits per heavy atom. The SMILES string of the molecule is CCCC(O)O.CCCC(O)O.OCCOCCOCCOCCO. The second-order valence-corrected chi connectivity index (χ2v) is 4.82. The minimum Gasteiger partial charge on any atom is -0.394 e. The summed E-state index contributed by atoms with van der Waals surface area (Å²) in [5.41, 5.74) is 0. The maximum Gasteiger partial charge on any atom is 0.151 e. The molecule has 0 saturated carbocycles. The first kappa shape index (κ1) is 29.4. The highest BCUT2D eigenvalue weighted by Gasteiger charge is 1.90. The second-order valence-electron chi connectivity index (χ2n) is 4.82. The van der Waals surface area contributed by atoms with Gasteiger partial charge in [-0.1, -0.05) is 26.7 Å². The zero-order valence-corrected chi connectivity index (χ0v) is 15.5. The highest BCUT2D eigenvalue weighted by Crippen LogP contribution is 1.88. The van der Waals surface area contributed by atoms with E-state index in [4.69, 9.17) is 44.8 Å². The van der Waals surface area contributed by atoms with Gasteiger partial charge in [-0.2, -0.15) is 0 Å². The van der Waals surface area contributed by atoms with Crippen molar-refractivity contribution in [3.8, 4) is 0 Å². The third-order valence-corrected chi connectivity index (χ3v) is 2.31. The van der Waals surface area contributed by atoms with E-state index >= 15 is 0 Å². The predicted molar refractivity (Wildman–Crippen MR) is 92.9 cm³/mol. The first-order valence-corrected chi connectivity index (χ1v) is 8.63. The second kappa shape index (κ2) is 28.4. The van der Waals surface area contributed by atoms with Crippen LogP contribution in [0.15, 0.2) is 0 Å². The minimum absolute atomic E-state index is 0.0413. The van der Waals surface area contributed by atoms with Crippen molar-refractivity contribution in [2.45, 2.75) is 52.1 Å². The molecule has 0 aromatic heterocycles. The molecule has 0 atom stereocenters. The third kappa shape index (κ3) is 45.3. The zero-order chi connectivity index (χ0) is 19.8. The third-order valence-electron chi connectivity index (χ3n) is 2.31. The molecule has 0 aromatic carbocycles. The van der Waals surface area contributed by atoms with E-state index in [-0.39, 0.29) is 13.2 Å². The van der Waals surface area contributed by atoms with Gasteiger partial charge in [0.15, 0.2) is 12.6 Å². The number of ether oxygens (including phenoxy) is 3. The average molecular weight is 374 g/mol. The average Bonchev–Trinajstić information content (AvgIpc) is 2.54. The van der Waals surface area contributed by atoms with Crippen molar-refractivity contribution in [1.82, 2.24) is 0 Å². The van der Waals surface area contributed by atoms with Crippen molar-refractivity contribution in [3.05, 3.63) is 0 Å². The number of hydrogen-bond donors (Lipinski definition) is 6. The van der Waals surface area contributed by atoms with E-state index in [2.05, 4.69) is 0 Å². The zero-order valence-electron chi connectivity index (χ0n) is 15.5. The molecule has 9 nitrogen and oxygen atoms in total. The molecule has 0 aliphatic carbocycles. The molecule has 0 rings (SSSR count). The lowest BCUT2D eigenvalue weighted by Gasteiger charge is -2.04. The van der Waals surface area contributed by atoms with Gasteiger partial charge in [-0.3, -0.25) is 0 Å². The van der Waals surface area contributed by atoms with E-state index in [0.29, 0.717) is 52.5 Å². The molecule has 0 unspecified atom stereocenters. The molecule has 156 valence electrons. The summed E-state index contributed by atoms with van der Waals surface area (Å²) in [6, 6.07) is 0. The van der Waals surface area contributed by atoms with Crippen LogP contribution in [0.5, 0.6) is 0 Å². The maximum atomic E-state index is 8.36. The predicted octanol–water partition coefficient (Wildman–Crippen LogP) is -0.785. The van der Waals surface area contributed by atoms with Crippen LogP contribution in [0.25, 0.3) is 0 Å². The van der Waals surface area contributed by atoms with Crippen LogP contribution in [-0.4, -0.2) is 96.1 Å². The molecule has 0 aliphatic rings. The molecular formula is C16H38O9. The van der Waals surface area contributed by atoms with Crippen molar-refractivity contribution in [2.75, 3.05) is 52.9 Å². The number of rotatable bonds is 14. The molecule has 0 bridgehead atoms. The summed E-state index contributed by atoms with van der Waals surface area (Å²) < 4.78 is 15.0. The Hall–Kier alpha value is -0.360. The molecule has 0 amide bonds. The van der Waals surface area contributed by atoms with E-state index in [1.54, 1.807) is 0 Å². The summed E-state index contributed by atoms with van der Waals surface area (Å²) in [6.07, 6.45) is 0.431.